The summed E-state index contributed by atoms with van der Waals surface area (Å²) in [5, 5.41) is 5.06. The molecule has 4 amide bonds. The van der Waals surface area contributed by atoms with Crippen molar-refractivity contribution in [1.29, 1.82) is 0 Å². The van der Waals surface area contributed by atoms with Crippen molar-refractivity contribution < 1.29 is 19.1 Å². The summed E-state index contributed by atoms with van der Waals surface area (Å²) in [5.41, 5.74) is 1.00. The molecule has 0 spiro atoms. The van der Waals surface area contributed by atoms with E-state index in [9.17, 15) is 14.4 Å². The fourth-order valence-electron chi connectivity index (χ4n) is 4.08. The predicted octanol–water partition coefficient (Wildman–Crippen LogP) is 7.70. The first kappa shape index (κ1) is 26.1. The number of rotatable bonds is 5. The molecule has 4 aromatic carbocycles. The minimum Gasteiger partial charge on any atom is -0.487 e. The zero-order valence-corrected chi connectivity index (χ0v) is 22.3. The van der Waals surface area contributed by atoms with Crippen molar-refractivity contribution in [2.24, 2.45) is 0 Å². The molecular weight excluding hydrogens is 570 g/mol. The highest BCUT2D eigenvalue weighted by Gasteiger charge is 2.37. The number of barbiturate groups is 1. The van der Waals surface area contributed by atoms with E-state index in [1.807, 2.05) is 42.5 Å². The number of nitrogens with one attached hydrogen (secondary N) is 1. The minimum atomic E-state index is -0.924. The van der Waals surface area contributed by atoms with Gasteiger partial charge in [0.1, 0.15) is 17.9 Å². The van der Waals surface area contributed by atoms with Crippen molar-refractivity contribution in [2.45, 2.75) is 6.61 Å². The number of hydrogen-bond acceptors (Lipinski definition) is 4. The summed E-state index contributed by atoms with van der Waals surface area (Å²) >= 11 is 24.8. The van der Waals surface area contributed by atoms with Crippen LogP contribution in [0.15, 0.2) is 78.4 Å². The number of carbonyl (C=O) groups excluding carboxylic acids is 3. The molecule has 1 aliphatic heterocycles. The van der Waals surface area contributed by atoms with Crippen LogP contribution in [0.4, 0.5) is 10.5 Å². The second-order valence-corrected chi connectivity index (χ2v) is 9.95. The van der Waals surface area contributed by atoms with Crippen LogP contribution in [0, 0.1) is 0 Å². The van der Waals surface area contributed by atoms with Crippen LogP contribution in [0.25, 0.3) is 16.8 Å². The largest absolute Gasteiger partial charge is 0.487 e. The van der Waals surface area contributed by atoms with Gasteiger partial charge in [-0.15, -0.1) is 0 Å². The van der Waals surface area contributed by atoms with E-state index in [2.05, 4.69) is 5.32 Å². The van der Waals surface area contributed by atoms with E-state index in [4.69, 9.17) is 51.1 Å². The number of benzene rings is 4. The Kier molecular flexibility index (Phi) is 7.32. The van der Waals surface area contributed by atoms with Crippen molar-refractivity contribution in [1.82, 2.24) is 5.32 Å². The molecule has 0 radical (unpaired) electrons. The third-order valence-electron chi connectivity index (χ3n) is 5.85. The van der Waals surface area contributed by atoms with Crippen LogP contribution in [0.5, 0.6) is 5.75 Å². The summed E-state index contributed by atoms with van der Waals surface area (Å²) in [5.74, 6) is -1.53. The van der Waals surface area contributed by atoms with Gasteiger partial charge in [-0.05, 0) is 52.7 Å². The van der Waals surface area contributed by atoms with Crippen LogP contribution >= 0.6 is 46.4 Å². The average molecular weight is 586 g/mol. The van der Waals surface area contributed by atoms with E-state index < -0.39 is 17.8 Å². The molecule has 1 heterocycles. The fourth-order valence-corrected chi connectivity index (χ4v) is 4.94. The van der Waals surface area contributed by atoms with Gasteiger partial charge in [-0.25, -0.2) is 9.69 Å². The van der Waals surface area contributed by atoms with Gasteiger partial charge in [-0.1, -0.05) is 88.9 Å². The van der Waals surface area contributed by atoms with Crippen molar-refractivity contribution in [2.75, 3.05) is 4.90 Å². The Morgan fingerprint density at radius 3 is 2.37 bits per heavy atom. The van der Waals surface area contributed by atoms with Crippen LogP contribution in [-0.2, 0) is 16.2 Å². The monoisotopic (exact) mass is 584 g/mol. The average Bonchev–Trinajstić information content (AvgIpc) is 2.88. The summed E-state index contributed by atoms with van der Waals surface area (Å²) in [4.78, 5) is 39.4. The van der Waals surface area contributed by atoms with Gasteiger partial charge in [0.15, 0.2) is 0 Å². The summed E-state index contributed by atoms with van der Waals surface area (Å²) in [6.45, 7) is 0.160. The molecule has 10 heteroatoms. The lowest BCUT2D eigenvalue weighted by Crippen LogP contribution is -2.54. The summed E-state index contributed by atoms with van der Waals surface area (Å²) in [7, 11) is 0. The van der Waals surface area contributed by atoms with Gasteiger partial charge >= 0.3 is 6.03 Å². The smallest absolute Gasteiger partial charge is 0.335 e. The Hall–Kier alpha value is -3.55. The number of imide groups is 2. The van der Waals surface area contributed by atoms with Crippen LogP contribution in [-0.4, -0.2) is 17.8 Å². The second-order valence-electron chi connectivity index (χ2n) is 8.29. The molecule has 0 saturated carbocycles. The van der Waals surface area contributed by atoms with E-state index in [1.54, 1.807) is 0 Å². The molecular formula is C28H16Cl4N2O4. The maximum absolute atomic E-state index is 13.3. The predicted molar refractivity (Wildman–Crippen MR) is 150 cm³/mol. The number of anilines is 1. The maximum atomic E-state index is 13.3. The lowest BCUT2D eigenvalue weighted by atomic mass is 10.0. The normalized spacial score (nSPS) is 14.8. The molecule has 190 valence electrons. The van der Waals surface area contributed by atoms with Crippen molar-refractivity contribution >= 4 is 86.8 Å². The van der Waals surface area contributed by atoms with E-state index in [0.717, 1.165) is 21.2 Å². The lowest BCUT2D eigenvalue weighted by molar-refractivity contribution is -0.122. The van der Waals surface area contributed by atoms with Gasteiger partial charge in [-0.3, -0.25) is 14.9 Å². The molecule has 0 aliphatic carbocycles. The number of halogens is 4. The first-order valence-corrected chi connectivity index (χ1v) is 12.7. The van der Waals surface area contributed by atoms with Crippen molar-refractivity contribution in [3.63, 3.8) is 0 Å². The van der Waals surface area contributed by atoms with E-state index in [0.29, 0.717) is 0 Å². The minimum absolute atomic E-state index is 0.136. The lowest BCUT2D eigenvalue weighted by Gasteiger charge is -2.26. The molecule has 1 saturated heterocycles. The Morgan fingerprint density at radius 1 is 0.816 bits per heavy atom. The van der Waals surface area contributed by atoms with Crippen molar-refractivity contribution in [3.8, 4) is 5.75 Å². The number of amides is 4. The number of ether oxygens (including phenoxy) is 1. The topological polar surface area (TPSA) is 75.7 Å². The molecule has 0 unspecified atom stereocenters. The van der Waals surface area contributed by atoms with Gasteiger partial charge in [0.25, 0.3) is 11.8 Å². The second kappa shape index (κ2) is 10.7. The number of fused-ring (bicyclic) bond motifs is 1. The van der Waals surface area contributed by atoms with E-state index in [-0.39, 0.29) is 49.3 Å². The van der Waals surface area contributed by atoms with Crippen LogP contribution in [0.2, 0.25) is 20.1 Å². The maximum Gasteiger partial charge on any atom is 0.335 e. The van der Waals surface area contributed by atoms with Crippen LogP contribution < -0.4 is 15.0 Å². The molecule has 5 rings (SSSR count). The third kappa shape index (κ3) is 5.08. The molecule has 0 aromatic heterocycles. The standard InChI is InChI=1S/C28H16Cl4N2O4/c29-18-10-17(25(24(32)12-18)38-14-16-6-3-5-15-4-1-2-7-20(15)16)11-21-26(35)33-28(37)34(27(21)36)19-8-9-22(30)23(31)13-19/h1-13H,14H2,(H,33,35,37)/b21-11+. The Labute approximate surface area is 237 Å². The van der Waals surface area contributed by atoms with Gasteiger partial charge in [-0.2, -0.15) is 0 Å². The van der Waals surface area contributed by atoms with Gasteiger partial charge in [0.05, 0.1) is 20.8 Å². The molecule has 1 aliphatic rings. The molecule has 4 aromatic rings. The Morgan fingerprint density at radius 2 is 1.58 bits per heavy atom. The molecule has 1 N–H and O–H groups in total. The summed E-state index contributed by atoms with van der Waals surface area (Å²) in [6.07, 6.45) is 1.28. The Bertz CT molecular complexity index is 1660. The Balaban J connectivity index is 1.52. The summed E-state index contributed by atoms with van der Waals surface area (Å²) < 4.78 is 6.10. The number of urea groups is 1. The number of nitrogens with zero attached hydrogens (tertiary/aromatic N) is 1. The van der Waals surface area contributed by atoms with Gasteiger partial charge in [0.2, 0.25) is 0 Å². The molecule has 0 bridgehead atoms. The van der Waals surface area contributed by atoms with Gasteiger partial charge in [0, 0.05) is 10.6 Å². The first-order chi connectivity index (χ1) is 18.2. The molecule has 6 nitrogen and oxygen atoms in total. The zero-order chi connectivity index (χ0) is 27.0. The van der Waals surface area contributed by atoms with Gasteiger partial charge < -0.3 is 4.74 Å². The highest BCUT2D eigenvalue weighted by Crippen LogP contribution is 2.36. The highest BCUT2D eigenvalue weighted by atomic mass is 35.5. The molecule has 0 atom stereocenters. The number of carbonyl (C=O) groups is 3. The van der Waals surface area contributed by atoms with Crippen molar-refractivity contribution in [3.05, 3.63) is 110 Å². The van der Waals surface area contributed by atoms with Crippen LogP contribution in [0.1, 0.15) is 11.1 Å². The first-order valence-electron chi connectivity index (χ1n) is 11.2. The highest BCUT2D eigenvalue weighted by molar-refractivity contribution is 6.43. The summed E-state index contributed by atoms with van der Waals surface area (Å²) in [6, 6.07) is 20.0. The molecule has 38 heavy (non-hydrogen) atoms. The van der Waals surface area contributed by atoms with Crippen LogP contribution in [0.3, 0.4) is 0 Å². The SMILES string of the molecule is O=C1NC(=O)N(c2ccc(Cl)c(Cl)c2)C(=O)/C1=C/c1cc(Cl)cc(Cl)c1OCc1cccc2ccccc12. The third-order valence-corrected chi connectivity index (χ3v) is 7.09. The molecule has 1 fully saturated rings. The number of hydrogen-bond donors (Lipinski definition) is 1. The quantitative estimate of drug-likeness (QED) is 0.192. The zero-order valence-electron chi connectivity index (χ0n) is 19.3. The van der Waals surface area contributed by atoms with E-state index in [1.165, 1.54) is 36.4 Å². The fraction of sp³-hybridized carbons (Fsp3) is 0.0357. The van der Waals surface area contributed by atoms with E-state index >= 15 is 0 Å².